The standard InChI is InChI=1S/C12H20N4/c1-8(2)10-11(13)14-7-15-12(10)16-6-4-5-9(16)3/h7-9H,4-6H2,1-3H3,(H2,13,14,15). The number of nitrogen functional groups attached to an aromatic ring is 1. The van der Waals surface area contributed by atoms with Gasteiger partial charge in [-0.1, -0.05) is 13.8 Å². The third-order valence-corrected chi connectivity index (χ3v) is 3.30. The van der Waals surface area contributed by atoms with Crippen LogP contribution in [0.15, 0.2) is 6.33 Å². The number of nitrogens with two attached hydrogens (primary N) is 1. The first-order valence-corrected chi connectivity index (χ1v) is 5.98. The Labute approximate surface area is 96.9 Å². The molecular formula is C12H20N4. The molecule has 1 fully saturated rings. The van der Waals surface area contributed by atoms with Crippen LogP contribution < -0.4 is 10.6 Å². The smallest absolute Gasteiger partial charge is 0.137 e. The van der Waals surface area contributed by atoms with Crippen LogP contribution in [-0.4, -0.2) is 22.6 Å². The van der Waals surface area contributed by atoms with Crippen LogP contribution in [0, 0.1) is 0 Å². The summed E-state index contributed by atoms with van der Waals surface area (Å²) in [7, 11) is 0. The molecule has 0 amide bonds. The molecule has 4 heteroatoms. The van der Waals surface area contributed by atoms with Crippen molar-refractivity contribution in [3.63, 3.8) is 0 Å². The Hall–Kier alpha value is -1.32. The number of rotatable bonds is 2. The Morgan fingerprint density at radius 1 is 1.44 bits per heavy atom. The molecule has 1 aromatic rings. The monoisotopic (exact) mass is 220 g/mol. The maximum atomic E-state index is 5.96. The van der Waals surface area contributed by atoms with E-state index in [1.165, 1.54) is 12.8 Å². The van der Waals surface area contributed by atoms with E-state index in [1.807, 2.05) is 0 Å². The Kier molecular flexibility index (Phi) is 2.99. The number of hydrogen-bond donors (Lipinski definition) is 1. The van der Waals surface area contributed by atoms with Crippen LogP contribution in [0.3, 0.4) is 0 Å². The lowest BCUT2D eigenvalue weighted by atomic mass is 10.0. The molecule has 88 valence electrons. The third kappa shape index (κ3) is 1.84. The normalized spacial score (nSPS) is 20.8. The van der Waals surface area contributed by atoms with E-state index in [9.17, 15) is 0 Å². The van der Waals surface area contributed by atoms with Crippen molar-refractivity contribution in [3.05, 3.63) is 11.9 Å². The predicted molar refractivity (Wildman–Crippen MR) is 66.6 cm³/mol. The van der Waals surface area contributed by atoms with Gasteiger partial charge in [0.15, 0.2) is 0 Å². The zero-order chi connectivity index (χ0) is 11.7. The number of anilines is 2. The second-order valence-electron chi connectivity index (χ2n) is 4.84. The molecule has 2 heterocycles. The van der Waals surface area contributed by atoms with E-state index in [4.69, 9.17) is 5.73 Å². The van der Waals surface area contributed by atoms with Crippen molar-refractivity contribution in [2.75, 3.05) is 17.2 Å². The van der Waals surface area contributed by atoms with Gasteiger partial charge in [-0.15, -0.1) is 0 Å². The summed E-state index contributed by atoms with van der Waals surface area (Å²) in [6.45, 7) is 7.60. The van der Waals surface area contributed by atoms with Gasteiger partial charge in [-0.2, -0.15) is 0 Å². The maximum Gasteiger partial charge on any atom is 0.137 e. The van der Waals surface area contributed by atoms with E-state index in [0.29, 0.717) is 17.8 Å². The Balaban J connectivity index is 2.43. The van der Waals surface area contributed by atoms with Crippen LogP contribution >= 0.6 is 0 Å². The molecule has 0 spiro atoms. The third-order valence-electron chi connectivity index (χ3n) is 3.30. The highest BCUT2D eigenvalue weighted by Gasteiger charge is 2.25. The zero-order valence-corrected chi connectivity index (χ0v) is 10.3. The molecule has 0 bridgehead atoms. The van der Waals surface area contributed by atoms with Gasteiger partial charge in [0, 0.05) is 18.2 Å². The van der Waals surface area contributed by atoms with Crippen LogP contribution in [0.1, 0.15) is 45.1 Å². The minimum absolute atomic E-state index is 0.365. The van der Waals surface area contributed by atoms with Crippen LogP contribution in [-0.2, 0) is 0 Å². The molecule has 0 aliphatic carbocycles. The minimum Gasteiger partial charge on any atom is -0.383 e. The van der Waals surface area contributed by atoms with Crippen LogP contribution in [0.25, 0.3) is 0 Å². The van der Waals surface area contributed by atoms with Crippen molar-refractivity contribution in [1.82, 2.24) is 9.97 Å². The lowest BCUT2D eigenvalue weighted by Gasteiger charge is -2.26. The number of nitrogens with zero attached hydrogens (tertiary/aromatic N) is 3. The summed E-state index contributed by atoms with van der Waals surface area (Å²) in [4.78, 5) is 10.9. The molecule has 16 heavy (non-hydrogen) atoms. The first-order chi connectivity index (χ1) is 7.61. The second-order valence-corrected chi connectivity index (χ2v) is 4.84. The summed E-state index contributed by atoms with van der Waals surface area (Å²) in [5.41, 5.74) is 7.05. The predicted octanol–water partition coefficient (Wildman–Crippen LogP) is 2.17. The van der Waals surface area contributed by atoms with E-state index in [2.05, 4.69) is 35.6 Å². The van der Waals surface area contributed by atoms with Crippen LogP contribution in [0.5, 0.6) is 0 Å². The molecule has 1 aromatic heterocycles. The highest BCUT2D eigenvalue weighted by atomic mass is 15.2. The second kappa shape index (κ2) is 4.28. The van der Waals surface area contributed by atoms with E-state index in [1.54, 1.807) is 6.33 Å². The SMILES string of the molecule is CC(C)c1c(N)ncnc1N1CCCC1C. The lowest BCUT2D eigenvalue weighted by Crippen LogP contribution is -2.29. The average molecular weight is 220 g/mol. The Morgan fingerprint density at radius 3 is 2.75 bits per heavy atom. The van der Waals surface area contributed by atoms with E-state index < -0.39 is 0 Å². The first-order valence-electron chi connectivity index (χ1n) is 5.98. The fourth-order valence-electron chi connectivity index (χ4n) is 2.43. The highest BCUT2D eigenvalue weighted by molar-refractivity contribution is 5.59. The van der Waals surface area contributed by atoms with Crippen molar-refractivity contribution in [2.24, 2.45) is 0 Å². The molecule has 0 saturated carbocycles. The topological polar surface area (TPSA) is 55.0 Å². The van der Waals surface area contributed by atoms with Gasteiger partial charge in [-0.25, -0.2) is 9.97 Å². The minimum atomic E-state index is 0.365. The van der Waals surface area contributed by atoms with E-state index >= 15 is 0 Å². The van der Waals surface area contributed by atoms with Gasteiger partial charge in [-0.05, 0) is 25.7 Å². The van der Waals surface area contributed by atoms with Crippen molar-refractivity contribution in [1.29, 1.82) is 0 Å². The van der Waals surface area contributed by atoms with Gasteiger partial charge >= 0.3 is 0 Å². The zero-order valence-electron chi connectivity index (χ0n) is 10.3. The van der Waals surface area contributed by atoms with Gasteiger partial charge in [-0.3, -0.25) is 0 Å². The highest BCUT2D eigenvalue weighted by Crippen LogP contribution is 2.33. The summed E-state index contributed by atoms with van der Waals surface area (Å²) in [6.07, 6.45) is 4.05. The molecule has 1 saturated heterocycles. The van der Waals surface area contributed by atoms with E-state index in [0.717, 1.165) is 17.9 Å². The van der Waals surface area contributed by atoms with Crippen LogP contribution in [0.2, 0.25) is 0 Å². The summed E-state index contributed by atoms with van der Waals surface area (Å²) in [5, 5.41) is 0. The summed E-state index contributed by atoms with van der Waals surface area (Å²) in [6, 6.07) is 0.562. The van der Waals surface area contributed by atoms with Crippen molar-refractivity contribution >= 4 is 11.6 Å². The van der Waals surface area contributed by atoms with Crippen molar-refractivity contribution < 1.29 is 0 Å². The molecular weight excluding hydrogens is 200 g/mol. The van der Waals surface area contributed by atoms with Crippen LogP contribution in [0.4, 0.5) is 11.6 Å². The average Bonchev–Trinajstić information content (AvgIpc) is 2.63. The molecule has 0 radical (unpaired) electrons. The number of hydrogen-bond acceptors (Lipinski definition) is 4. The molecule has 1 atom stereocenters. The van der Waals surface area contributed by atoms with Gasteiger partial charge in [0.05, 0.1) is 0 Å². The summed E-state index contributed by atoms with van der Waals surface area (Å²) < 4.78 is 0. The molecule has 1 aliphatic heterocycles. The molecule has 0 aromatic carbocycles. The molecule has 4 nitrogen and oxygen atoms in total. The summed E-state index contributed by atoms with van der Waals surface area (Å²) in [5.74, 6) is 2.02. The quantitative estimate of drug-likeness (QED) is 0.830. The molecule has 2 rings (SSSR count). The van der Waals surface area contributed by atoms with Gasteiger partial charge in [0.1, 0.15) is 18.0 Å². The van der Waals surface area contributed by atoms with Gasteiger partial charge in [0.2, 0.25) is 0 Å². The molecule has 1 unspecified atom stereocenters. The largest absolute Gasteiger partial charge is 0.383 e. The fourth-order valence-corrected chi connectivity index (χ4v) is 2.43. The lowest BCUT2D eigenvalue weighted by molar-refractivity contribution is 0.714. The van der Waals surface area contributed by atoms with Crippen molar-refractivity contribution in [3.8, 4) is 0 Å². The Bertz CT molecular complexity index is 375. The first kappa shape index (κ1) is 11.2. The van der Waals surface area contributed by atoms with Crippen molar-refractivity contribution in [2.45, 2.75) is 45.6 Å². The maximum absolute atomic E-state index is 5.96. The van der Waals surface area contributed by atoms with Gasteiger partial charge in [0.25, 0.3) is 0 Å². The summed E-state index contributed by atoms with van der Waals surface area (Å²) >= 11 is 0. The Morgan fingerprint density at radius 2 is 2.19 bits per heavy atom. The molecule has 2 N–H and O–H groups in total. The van der Waals surface area contributed by atoms with E-state index in [-0.39, 0.29) is 0 Å². The number of aromatic nitrogens is 2. The fraction of sp³-hybridized carbons (Fsp3) is 0.667. The van der Waals surface area contributed by atoms with Gasteiger partial charge < -0.3 is 10.6 Å². The molecule has 1 aliphatic rings.